The van der Waals surface area contributed by atoms with Crippen molar-refractivity contribution in [3.05, 3.63) is 35.7 Å². The van der Waals surface area contributed by atoms with Gasteiger partial charge in [-0.2, -0.15) is 4.98 Å². The van der Waals surface area contributed by atoms with Crippen LogP contribution in [0.25, 0.3) is 11.5 Å². The standard InChI is InChI=1S/C17H20N4O5/c1-3-4-9-18-17(24)20-14(22)10-25-16(23)13-7-5-12(6-8-13)15-19-11(2)21-26-15/h5-8H,3-4,9-10H2,1-2H3,(H2,18,20,22,24). The summed E-state index contributed by atoms with van der Waals surface area (Å²) in [6.07, 6.45) is 1.74. The maximum absolute atomic E-state index is 11.9. The summed E-state index contributed by atoms with van der Waals surface area (Å²) in [5.41, 5.74) is 0.911. The number of esters is 1. The molecule has 0 bridgehead atoms. The molecular formula is C17H20N4O5. The number of carbonyl (C=O) groups excluding carboxylic acids is 3. The number of aromatic nitrogens is 2. The van der Waals surface area contributed by atoms with Crippen molar-refractivity contribution >= 4 is 17.9 Å². The summed E-state index contributed by atoms with van der Waals surface area (Å²) in [4.78, 5) is 39.0. The number of unbranched alkanes of at least 4 members (excludes halogenated alkanes) is 1. The van der Waals surface area contributed by atoms with E-state index in [1.807, 2.05) is 6.92 Å². The van der Waals surface area contributed by atoms with E-state index in [9.17, 15) is 14.4 Å². The first-order valence-electron chi connectivity index (χ1n) is 8.15. The van der Waals surface area contributed by atoms with E-state index in [2.05, 4.69) is 20.8 Å². The summed E-state index contributed by atoms with van der Waals surface area (Å²) >= 11 is 0. The zero-order valence-corrected chi connectivity index (χ0v) is 14.6. The van der Waals surface area contributed by atoms with E-state index in [1.165, 1.54) is 12.1 Å². The molecule has 1 heterocycles. The van der Waals surface area contributed by atoms with Crippen LogP contribution in [-0.2, 0) is 9.53 Å². The highest BCUT2D eigenvalue weighted by atomic mass is 16.5. The van der Waals surface area contributed by atoms with E-state index in [0.717, 1.165) is 12.8 Å². The van der Waals surface area contributed by atoms with E-state index in [-0.39, 0.29) is 5.56 Å². The lowest BCUT2D eigenvalue weighted by Crippen LogP contribution is -2.41. The largest absolute Gasteiger partial charge is 0.452 e. The minimum absolute atomic E-state index is 0.255. The van der Waals surface area contributed by atoms with Gasteiger partial charge in [-0.3, -0.25) is 10.1 Å². The molecule has 0 aliphatic carbocycles. The molecule has 0 saturated heterocycles. The summed E-state index contributed by atoms with van der Waals surface area (Å²) in [5.74, 6) is -0.533. The molecule has 1 aromatic carbocycles. The van der Waals surface area contributed by atoms with Crippen LogP contribution < -0.4 is 10.6 Å². The monoisotopic (exact) mass is 360 g/mol. The Morgan fingerprint density at radius 2 is 1.92 bits per heavy atom. The number of aryl methyl sites for hydroxylation is 1. The number of nitrogens with one attached hydrogen (secondary N) is 2. The van der Waals surface area contributed by atoms with Crippen LogP contribution >= 0.6 is 0 Å². The second-order valence-corrected chi connectivity index (χ2v) is 5.46. The van der Waals surface area contributed by atoms with Gasteiger partial charge in [0.2, 0.25) is 0 Å². The molecule has 0 aliphatic rings. The molecule has 26 heavy (non-hydrogen) atoms. The number of ether oxygens (including phenoxy) is 1. The SMILES string of the molecule is CCCCNC(=O)NC(=O)COC(=O)c1ccc(-c2nc(C)no2)cc1. The molecule has 2 N–H and O–H groups in total. The van der Waals surface area contributed by atoms with Crippen LogP contribution in [0.2, 0.25) is 0 Å². The van der Waals surface area contributed by atoms with Crippen molar-refractivity contribution in [2.24, 2.45) is 0 Å². The normalized spacial score (nSPS) is 10.2. The van der Waals surface area contributed by atoms with Crippen LogP contribution in [0.15, 0.2) is 28.8 Å². The van der Waals surface area contributed by atoms with Gasteiger partial charge in [0, 0.05) is 12.1 Å². The van der Waals surface area contributed by atoms with Crippen LogP contribution in [0.4, 0.5) is 4.79 Å². The Kier molecular flexibility index (Phi) is 6.84. The van der Waals surface area contributed by atoms with Gasteiger partial charge in [-0.15, -0.1) is 0 Å². The first-order chi connectivity index (χ1) is 12.5. The van der Waals surface area contributed by atoms with Gasteiger partial charge in [-0.25, -0.2) is 9.59 Å². The van der Waals surface area contributed by atoms with Crippen LogP contribution in [0, 0.1) is 6.92 Å². The summed E-state index contributed by atoms with van der Waals surface area (Å²) in [5, 5.41) is 8.30. The highest BCUT2D eigenvalue weighted by Gasteiger charge is 2.13. The lowest BCUT2D eigenvalue weighted by molar-refractivity contribution is -0.123. The lowest BCUT2D eigenvalue weighted by atomic mass is 10.1. The molecule has 0 atom stereocenters. The van der Waals surface area contributed by atoms with Crippen molar-refractivity contribution in [1.82, 2.24) is 20.8 Å². The third-order valence-corrected chi connectivity index (χ3v) is 3.30. The van der Waals surface area contributed by atoms with Gasteiger partial charge in [0.25, 0.3) is 11.8 Å². The van der Waals surface area contributed by atoms with E-state index < -0.39 is 24.5 Å². The van der Waals surface area contributed by atoms with Gasteiger partial charge in [-0.05, 0) is 37.6 Å². The van der Waals surface area contributed by atoms with Crippen LogP contribution in [0.5, 0.6) is 0 Å². The van der Waals surface area contributed by atoms with Crippen molar-refractivity contribution < 1.29 is 23.6 Å². The Morgan fingerprint density at radius 1 is 1.19 bits per heavy atom. The fourth-order valence-electron chi connectivity index (χ4n) is 1.96. The smallest absolute Gasteiger partial charge is 0.338 e. The van der Waals surface area contributed by atoms with Gasteiger partial charge in [0.05, 0.1) is 5.56 Å². The fourth-order valence-corrected chi connectivity index (χ4v) is 1.96. The summed E-state index contributed by atoms with van der Waals surface area (Å²) < 4.78 is 9.92. The average Bonchev–Trinajstić information content (AvgIpc) is 3.06. The molecule has 0 radical (unpaired) electrons. The highest BCUT2D eigenvalue weighted by molar-refractivity contribution is 5.97. The number of imide groups is 1. The lowest BCUT2D eigenvalue weighted by Gasteiger charge is -2.07. The third-order valence-electron chi connectivity index (χ3n) is 3.30. The number of amides is 3. The Labute approximate surface area is 150 Å². The van der Waals surface area contributed by atoms with Crippen molar-refractivity contribution in [2.45, 2.75) is 26.7 Å². The first kappa shape index (κ1) is 19.1. The second-order valence-electron chi connectivity index (χ2n) is 5.46. The maximum atomic E-state index is 11.9. The van der Waals surface area contributed by atoms with Crippen LogP contribution in [0.3, 0.4) is 0 Å². The Hall–Kier alpha value is -3.23. The Bertz CT molecular complexity index is 770. The van der Waals surface area contributed by atoms with E-state index in [4.69, 9.17) is 9.26 Å². The van der Waals surface area contributed by atoms with Crippen LogP contribution in [0.1, 0.15) is 35.9 Å². The molecule has 0 fully saturated rings. The highest BCUT2D eigenvalue weighted by Crippen LogP contribution is 2.17. The van der Waals surface area contributed by atoms with Crippen molar-refractivity contribution in [3.63, 3.8) is 0 Å². The first-order valence-corrected chi connectivity index (χ1v) is 8.15. The van der Waals surface area contributed by atoms with E-state index in [0.29, 0.717) is 23.8 Å². The number of rotatable bonds is 7. The number of hydrogen-bond donors (Lipinski definition) is 2. The zero-order chi connectivity index (χ0) is 18.9. The molecule has 9 heteroatoms. The number of urea groups is 1. The summed E-state index contributed by atoms with van der Waals surface area (Å²) in [6, 6.07) is 5.69. The number of benzene rings is 1. The Balaban J connectivity index is 1.80. The van der Waals surface area contributed by atoms with Gasteiger partial charge >= 0.3 is 12.0 Å². The summed E-state index contributed by atoms with van der Waals surface area (Å²) in [6.45, 7) is 3.61. The topological polar surface area (TPSA) is 123 Å². The molecule has 0 spiro atoms. The number of hydrogen-bond acceptors (Lipinski definition) is 7. The zero-order valence-electron chi connectivity index (χ0n) is 14.6. The van der Waals surface area contributed by atoms with Crippen molar-refractivity contribution in [2.75, 3.05) is 13.2 Å². The van der Waals surface area contributed by atoms with Crippen molar-refractivity contribution in [3.8, 4) is 11.5 Å². The number of nitrogens with zero attached hydrogens (tertiary/aromatic N) is 2. The van der Waals surface area contributed by atoms with Gasteiger partial charge in [-0.1, -0.05) is 18.5 Å². The quantitative estimate of drug-likeness (QED) is 0.570. The van der Waals surface area contributed by atoms with Gasteiger partial charge < -0.3 is 14.6 Å². The van der Waals surface area contributed by atoms with Crippen molar-refractivity contribution in [1.29, 1.82) is 0 Å². The second kappa shape index (κ2) is 9.30. The van der Waals surface area contributed by atoms with E-state index >= 15 is 0 Å². The molecule has 3 amide bonds. The Morgan fingerprint density at radius 3 is 2.54 bits per heavy atom. The average molecular weight is 360 g/mol. The van der Waals surface area contributed by atoms with Gasteiger partial charge in [0.15, 0.2) is 12.4 Å². The molecule has 0 aliphatic heterocycles. The molecule has 9 nitrogen and oxygen atoms in total. The predicted molar refractivity (Wildman–Crippen MR) is 91.2 cm³/mol. The molecule has 0 unspecified atom stereocenters. The molecule has 1 aromatic heterocycles. The minimum Gasteiger partial charge on any atom is -0.452 e. The number of carbonyl (C=O) groups is 3. The molecule has 2 rings (SSSR count). The van der Waals surface area contributed by atoms with Gasteiger partial charge in [0.1, 0.15) is 0 Å². The molecule has 138 valence electrons. The maximum Gasteiger partial charge on any atom is 0.338 e. The molecule has 0 saturated carbocycles. The predicted octanol–water partition coefficient (Wildman–Crippen LogP) is 1.83. The molecular weight excluding hydrogens is 340 g/mol. The minimum atomic E-state index is -0.703. The molecule has 2 aromatic rings. The summed E-state index contributed by atoms with van der Waals surface area (Å²) in [7, 11) is 0. The van der Waals surface area contributed by atoms with E-state index in [1.54, 1.807) is 19.1 Å². The fraction of sp³-hybridized carbons (Fsp3) is 0.353. The third kappa shape index (κ3) is 5.69. The van der Waals surface area contributed by atoms with Crippen LogP contribution in [-0.4, -0.2) is 41.2 Å².